The van der Waals surface area contributed by atoms with Gasteiger partial charge < -0.3 is 5.32 Å². The van der Waals surface area contributed by atoms with E-state index in [0.29, 0.717) is 5.92 Å². The van der Waals surface area contributed by atoms with Crippen LogP contribution in [0.2, 0.25) is 0 Å². The molecule has 1 aromatic rings. The summed E-state index contributed by atoms with van der Waals surface area (Å²) in [4.78, 5) is 0. The van der Waals surface area contributed by atoms with E-state index in [1.54, 1.807) is 0 Å². The van der Waals surface area contributed by atoms with Gasteiger partial charge in [-0.3, -0.25) is 4.68 Å². The Bertz CT molecular complexity index is 386. The van der Waals surface area contributed by atoms with Crippen molar-refractivity contribution in [1.82, 2.24) is 15.1 Å². The van der Waals surface area contributed by atoms with Gasteiger partial charge in [0.05, 0.1) is 6.20 Å². The molecule has 0 radical (unpaired) electrons. The molecule has 17 heavy (non-hydrogen) atoms. The van der Waals surface area contributed by atoms with Crippen LogP contribution in [0.15, 0.2) is 6.20 Å². The molecule has 0 unspecified atom stereocenters. The Kier molecular flexibility index (Phi) is 2.95. The maximum Gasteiger partial charge on any atom is 0.0537 e. The van der Waals surface area contributed by atoms with Crippen LogP contribution in [0.25, 0.3) is 0 Å². The van der Waals surface area contributed by atoms with Crippen molar-refractivity contribution in [3.05, 3.63) is 17.5 Å². The minimum Gasteiger partial charge on any atom is -0.310 e. The van der Waals surface area contributed by atoms with Crippen LogP contribution < -0.4 is 5.32 Å². The fourth-order valence-corrected chi connectivity index (χ4v) is 2.43. The van der Waals surface area contributed by atoms with E-state index in [-0.39, 0.29) is 0 Å². The third-order valence-electron chi connectivity index (χ3n) is 3.62. The Balaban J connectivity index is 1.73. The third-order valence-corrected chi connectivity index (χ3v) is 3.62. The Morgan fingerprint density at radius 3 is 2.71 bits per heavy atom. The minimum atomic E-state index is 0.677. The number of nitrogens with zero attached hydrogens (tertiary/aromatic N) is 2. The maximum atomic E-state index is 4.59. The lowest BCUT2D eigenvalue weighted by Gasteiger charge is -2.11. The highest BCUT2D eigenvalue weighted by Crippen LogP contribution is 2.42. The van der Waals surface area contributed by atoms with Crippen LogP contribution in [0.1, 0.15) is 56.7 Å². The number of hydrogen-bond acceptors (Lipinski definition) is 2. The second-order valence-corrected chi connectivity index (χ2v) is 6.06. The first-order chi connectivity index (χ1) is 8.24. The highest BCUT2D eigenvalue weighted by Gasteiger charge is 2.30. The van der Waals surface area contributed by atoms with Gasteiger partial charge in [-0.1, -0.05) is 13.8 Å². The molecule has 0 atom stereocenters. The van der Waals surface area contributed by atoms with Crippen molar-refractivity contribution in [2.24, 2.45) is 5.92 Å². The van der Waals surface area contributed by atoms with Crippen molar-refractivity contribution in [2.75, 3.05) is 0 Å². The molecular formula is C14H23N3. The van der Waals surface area contributed by atoms with Crippen molar-refractivity contribution in [3.63, 3.8) is 0 Å². The van der Waals surface area contributed by atoms with E-state index < -0.39 is 0 Å². The van der Waals surface area contributed by atoms with Crippen LogP contribution in [0, 0.1) is 5.92 Å². The van der Waals surface area contributed by atoms with Crippen LogP contribution in [0.3, 0.4) is 0 Å². The summed E-state index contributed by atoms with van der Waals surface area (Å²) in [6.45, 7) is 6.62. The zero-order chi connectivity index (χ0) is 11.8. The van der Waals surface area contributed by atoms with Gasteiger partial charge in [-0.05, 0) is 31.6 Å². The number of nitrogens with one attached hydrogen (secondary N) is 1. The first-order valence-electron chi connectivity index (χ1n) is 7.02. The van der Waals surface area contributed by atoms with Crippen molar-refractivity contribution in [2.45, 2.75) is 64.6 Å². The highest BCUT2D eigenvalue weighted by atomic mass is 15.3. The van der Waals surface area contributed by atoms with Crippen molar-refractivity contribution in [3.8, 4) is 0 Å². The molecule has 3 rings (SSSR count). The molecule has 2 fully saturated rings. The summed E-state index contributed by atoms with van der Waals surface area (Å²) in [7, 11) is 0. The molecule has 0 bridgehead atoms. The molecule has 0 aliphatic heterocycles. The van der Waals surface area contributed by atoms with Gasteiger partial charge in [0.15, 0.2) is 0 Å². The van der Waals surface area contributed by atoms with Crippen LogP contribution >= 0.6 is 0 Å². The SMILES string of the molecule is CC(C)Cn1ncc(CNC2CC2)c1C1CC1. The van der Waals surface area contributed by atoms with Gasteiger partial charge in [0.2, 0.25) is 0 Å². The zero-order valence-electron chi connectivity index (χ0n) is 10.9. The Labute approximate surface area is 104 Å². The van der Waals surface area contributed by atoms with Gasteiger partial charge in [-0.25, -0.2) is 0 Å². The van der Waals surface area contributed by atoms with E-state index in [0.717, 1.165) is 25.0 Å². The molecule has 3 nitrogen and oxygen atoms in total. The third kappa shape index (κ3) is 2.71. The summed E-state index contributed by atoms with van der Waals surface area (Å²) >= 11 is 0. The highest BCUT2D eigenvalue weighted by molar-refractivity contribution is 5.26. The van der Waals surface area contributed by atoms with E-state index in [2.05, 4.69) is 35.1 Å². The van der Waals surface area contributed by atoms with Gasteiger partial charge in [0, 0.05) is 36.3 Å². The molecule has 2 saturated carbocycles. The van der Waals surface area contributed by atoms with Crippen molar-refractivity contribution in [1.29, 1.82) is 0 Å². The summed E-state index contributed by atoms with van der Waals surface area (Å²) < 4.78 is 2.26. The Morgan fingerprint density at radius 2 is 2.12 bits per heavy atom. The molecular weight excluding hydrogens is 210 g/mol. The normalized spacial score (nSPS) is 20.2. The molecule has 1 heterocycles. The first kappa shape index (κ1) is 11.3. The lowest BCUT2D eigenvalue weighted by atomic mass is 10.1. The monoisotopic (exact) mass is 233 g/mol. The summed E-state index contributed by atoms with van der Waals surface area (Å²) in [5.41, 5.74) is 2.96. The zero-order valence-corrected chi connectivity index (χ0v) is 10.9. The molecule has 2 aliphatic carbocycles. The summed E-state index contributed by atoms with van der Waals surface area (Å²) in [5.74, 6) is 1.48. The quantitative estimate of drug-likeness (QED) is 0.818. The maximum absolute atomic E-state index is 4.59. The predicted octanol–water partition coefficient (Wildman–Crippen LogP) is 2.67. The Hall–Kier alpha value is -0.830. The molecule has 3 heteroatoms. The molecule has 94 valence electrons. The summed E-state index contributed by atoms with van der Waals surface area (Å²) in [6, 6.07) is 0.788. The van der Waals surface area contributed by atoms with Crippen LogP contribution in [-0.4, -0.2) is 15.8 Å². The predicted molar refractivity (Wildman–Crippen MR) is 68.9 cm³/mol. The summed E-state index contributed by atoms with van der Waals surface area (Å²) in [6.07, 6.45) is 7.53. The smallest absolute Gasteiger partial charge is 0.0537 e. The van der Waals surface area contributed by atoms with Gasteiger partial charge in [0.25, 0.3) is 0 Å². The Morgan fingerprint density at radius 1 is 1.35 bits per heavy atom. The summed E-state index contributed by atoms with van der Waals surface area (Å²) in [5, 5.41) is 8.20. The molecule has 1 aromatic heterocycles. The van der Waals surface area contributed by atoms with Crippen LogP contribution in [-0.2, 0) is 13.1 Å². The van der Waals surface area contributed by atoms with E-state index in [1.165, 1.54) is 36.9 Å². The standard InChI is InChI=1S/C14H23N3/c1-10(2)9-17-14(11-3-4-11)12(8-16-17)7-15-13-5-6-13/h8,10-11,13,15H,3-7,9H2,1-2H3. The number of rotatable bonds is 6. The molecule has 0 aromatic carbocycles. The number of hydrogen-bond donors (Lipinski definition) is 1. The van der Waals surface area contributed by atoms with E-state index in [1.807, 2.05) is 0 Å². The van der Waals surface area contributed by atoms with E-state index >= 15 is 0 Å². The largest absolute Gasteiger partial charge is 0.310 e. The molecule has 0 spiro atoms. The van der Waals surface area contributed by atoms with E-state index in [4.69, 9.17) is 0 Å². The molecule has 2 aliphatic rings. The first-order valence-corrected chi connectivity index (χ1v) is 7.02. The minimum absolute atomic E-state index is 0.677. The molecule has 0 amide bonds. The van der Waals surface area contributed by atoms with Crippen LogP contribution in [0.4, 0.5) is 0 Å². The lowest BCUT2D eigenvalue weighted by molar-refractivity contribution is 0.467. The van der Waals surface area contributed by atoms with Gasteiger partial charge in [0.1, 0.15) is 0 Å². The van der Waals surface area contributed by atoms with Gasteiger partial charge in [-0.15, -0.1) is 0 Å². The molecule has 1 N–H and O–H groups in total. The fraction of sp³-hybridized carbons (Fsp3) is 0.786. The average Bonchev–Trinajstić information content (AvgIpc) is 3.17. The fourth-order valence-electron chi connectivity index (χ4n) is 2.43. The second kappa shape index (κ2) is 4.45. The average molecular weight is 233 g/mol. The second-order valence-electron chi connectivity index (χ2n) is 6.06. The van der Waals surface area contributed by atoms with Crippen molar-refractivity contribution >= 4 is 0 Å². The topological polar surface area (TPSA) is 29.9 Å². The van der Waals surface area contributed by atoms with Crippen molar-refractivity contribution < 1.29 is 0 Å². The lowest BCUT2D eigenvalue weighted by Crippen LogP contribution is -2.17. The molecule has 0 saturated heterocycles. The number of aromatic nitrogens is 2. The van der Waals surface area contributed by atoms with Gasteiger partial charge >= 0.3 is 0 Å². The van der Waals surface area contributed by atoms with Gasteiger partial charge in [-0.2, -0.15) is 5.10 Å². The van der Waals surface area contributed by atoms with Crippen LogP contribution in [0.5, 0.6) is 0 Å². The van der Waals surface area contributed by atoms with E-state index in [9.17, 15) is 0 Å².